The number of nitrogens with one attached hydrogen (secondary N) is 1. The normalized spacial score (nSPS) is 10.4. The molecule has 0 saturated carbocycles. The van der Waals surface area contributed by atoms with Crippen molar-refractivity contribution < 1.29 is 9.90 Å². The average molecular weight is 210 g/mol. The molecule has 1 amide bonds. The van der Waals surface area contributed by atoms with Crippen LogP contribution < -0.4 is 0 Å². The van der Waals surface area contributed by atoms with E-state index in [1.165, 1.54) is 0 Å². The summed E-state index contributed by atoms with van der Waals surface area (Å²) in [5.41, 5.74) is 2.56. The van der Waals surface area contributed by atoms with E-state index in [-0.39, 0.29) is 12.5 Å². The minimum Gasteiger partial charge on any atom is -0.395 e. The summed E-state index contributed by atoms with van der Waals surface area (Å²) in [6.45, 7) is 6.72. The Morgan fingerprint density at radius 1 is 1.53 bits per heavy atom. The summed E-state index contributed by atoms with van der Waals surface area (Å²) >= 11 is 0. The van der Waals surface area contributed by atoms with Crippen molar-refractivity contribution in [1.82, 2.24) is 9.88 Å². The SMILES string of the molecule is CCN(CCO)C(=O)c1[nH]c(C)cc1C. The molecule has 1 aromatic heterocycles. The maximum atomic E-state index is 12.0. The molecule has 0 bridgehead atoms. The number of aryl methyl sites for hydroxylation is 2. The summed E-state index contributed by atoms with van der Waals surface area (Å²) in [6.07, 6.45) is 0. The van der Waals surface area contributed by atoms with Gasteiger partial charge in [-0.2, -0.15) is 0 Å². The van der Waals surface area contributed by atoms with E-state index in [4.69, 9.17) is 5.11 Å². The van der Waals surface area contributed by atoms with Crippen LogP contribution in [0.1, 0.15) is 28.7 Å². The fraction of sp³-hybridized carbons (Fsp3) is 0.545. The molecule has 0 atom stereocenters. The lowest BCUT2D eigenvalue weighted by Crippen LogP contribution is -2.33. The predicted octanol–water partition coefficient (Wildman–Crippen LogP) is 1.09. The van der Waals surface area contributed by atoms with Gasteiger partial charge in [-0.1, -0.05) is 0 Å². The van der Waals surface area contributed by atoms with Crippen LogP contribution in [0, 0.1) is 13.8 Å². The highest BCUT2D eigenvalue weighted by molar-refractivity contribution is 5.94. The van der Waals surface area contributed by atoms with Crippen LogP contribution in [0.5, 0.6) is 0 Å². The molecule has 1 aromatic rings. The van der Waals surface area contributed by atoms with Gasteiger partial charge in [-0.3, -0.25) is 4.79 Å². The van der Waals surface area contributed by atoms with Gasteiger partial charge in [-0.05, 0) is 32.4 Å². The maximum absolute atomic E-state index is 12.0. The Morgan fingerprint density at radius 2 is 2.20 bits per heavy atom. The monoisotopic (exact) mass is 210 g/mol. The lowest BCUT2D eigenvalue weighted by atomic mass is 10.2. The standard InChI is InChI=1S/C11H18N2O2/c1-4-13(5-6-14)11(15)10-8(2)7-9(3)12-10/h7,12,14H,4-6H2,1-3H3. The molecule has 1 heterocycles. The lowest BCUT2D eigenvalue weighted by Gasteiger charge is -2.19. The minimum absolute atomic E-state index is 0.00167. The third kappa shape index (κ3) is 2.59. The Balaban J connectivity index is 2.87. The van der Waals surface area contributed by atoms with Crippen LogP contribution in [-0.4, -0.2) is 40.6 Å². The van der Waals surface area contributed by atoms with Gasteiger partial charge in [0, 0.05) is 18.8 Å². The molecule has 4 heteroatoms. The summed E-state index contributed by atoms with van der Waals surface area (Å²) < 4.78 is 0. The van der Waals surface area contributed by atoms with Gasteiger partial charge < -0.3 is 15.0 Å². The van der Waals surface area contributed by atoms with Crippen LogP contribution in [0.3, 0.4) is 0 Å². The third-order valence-corrected chi connectivity index (χ3v) is 2.40. The average Bonchev–Trinajstić information content (AvgIpc) is 2.53. The highest BCUT2D eigenvalue weighted by Gasteiger charge is 2.17. The Bertz CT molecular complexity index is 344. The van der Waals surface area contributed by atoms with Crippen LogP contribution in [0.2, 0.25) is 0 Å². The zero-order chi connectivity index (χ0) is 11.4. The number of carbonyl (C=O) groups excluding carboxylic acids is 1. The van der Waals surface area contributed by atoms with Crippen LogP contribution in [0.4, 0.5) is 0 Å². The van der Waals surface area contributed by atoms with Gasteiger partial charge in [-0.15, -0.1) is 0 Å². The van der Waals surface area contributed by atoms with Crippen molar-refractivity contribution >= 4 is 5.91 Å². The Labute approximate surface area is 89.9 Å². The molecule has 1 rings (SSSR count). The number of likely N-dealkylation sites (N-methyl/N-ethyl adjacent to an activating group) is 1. The summed E-state index contributed by atoms with van der Waals surface area (Å²) in [7, 11) is 0. The molecule has 15 heavy (non-hydrogen) atoms. The summed E-state index contributed by atoms with van der Waals surface area (Å²) in [6, 6.07) is 1.94. The fourth-order valence-electron chi connectivity index (χ4n) is 1.63. The molecule has 0 aliphatic rings. The predicted molar refractivity (Wildman–Crippen MR) is 58.9 cm³/mol. The molecule has 0 aliphatic carbocycles. The zero-order valence-corrected chi connectivity index (χ0v) is 9.50. The van der Waals surface area contributed by atoms with Gasteiger partial charge >= 0.3 is 0 Å². The van der Waals surface area contributed by atoms with Crippen molar-refractivity contribution in [3.05, 3.63) is 23.0 Å². The maximum Gasteiger partial charge on any atom is 0.270 e. The van der Waals surface area contributed by atoms with Crippen molar-refractivity contribution in [3.8, 4) is 0 Å². The van der Waals surface area contributed by atoms with Crippen LogP contribution >= 0.6 is 0 Å². The minimum atomic E-state index is -0.0443. The van der Waals surface area contributed by atoms with Crippen LogP contribution in [0.15, 0.2) is 6.07 Å². The Hall–Kier alpha value is -1.29. The first kappa shape index (κ1) is 11.8. The number of aliphatic hydroxyl groups is 1. The molecule has 0 aliphatic heterocycles. The van der Waals surface area contributed by atoms with E-state index in [1.54, 1.807) is 4.90 Å². The number of rotatable bonds is 4. The number of hydrogen-bond acceptors (Lipinski definition) is 2. The number of aromatic nitrogens is 1. The van der Waals surface area contributed by atoms with Gasteiger partial charge in [0.15, 0.2) is 0 Å². The number of H-pyrrole nitrogens is 1. The van der Waals surface area contributed by atoms with Crippen molar-refractivity contribution in [2.24, 2.45) is 0 Å². The van der Waals surface area contributed by atoms with Gasteiger partial charge in [0.25, 0.3) is 5.91 Å². The Morgan fingerprint density at radius 3 is 2.60 bits per heavy atom. The molecule has 4 nitrogen and oxygen atoms in total. The summed E-state index contributed by atoms with van der Waals surface area (Å²) in [5, 5.41) is 8.83. The number of aromatic amines is 1. The van der Waals surface area contributed by atoms with Crippen molar-refractivity contribution in [3.63, 3.8) is 0 Å². The van der Waals surface area contributed by atoms with E-state index in [9.17, 15) is 4.79 Å². The number of hydrogen-bond donors (Lipinski definition) is 2. The summed E-state index contributed by atoms with van der Waals surface area (Å²) in [5.74, 6) is -0.0443. The smallest absolute Gasteiger partial charge is 0.270 e. The van der Waals surface area contributed by atoms with Gasteiger partial charge in [-0.25, -0.2) is 0 Å². The molecule has 0 aromatic carbocycles. The number of amides is 1. The molecule has 0 fully saturated rings. The van der Waals surface area contributed by atoms with E-state index >= 15 is 0 Å². The molecule has 84 valence electrons. The highest BCUT2D eigenvalue weighted by atomic mass is 16.3. The van der Waals surface area contributed by atoms with Crippen molar-refractivity contribution in [2.45, 2.75) is 20.8 Å². The zero-order valence-electron chi connectivity index (χ0n) is 9.50. The third-order valence-electron chi connectivity index (χ3n) is 2.40. The molecule has 0 unspecified atom stereocenters. The quantitative estimate of drug-likeness (QED) is 0.781. The number of aliphatic hydroxyl groups excluding tert-OH is 1. The van der Waals surface area contributed by atoms with Gasteiger partial charge in [0.2, 0.25) is 0 Å². The first-order valence-corrected chi connectivity index (χ1v) is 5.16. The van der Waals surface area contributed by atoms with Gasteiger partial charge in [0.1, 0.15) is 5.69 Å². The molecule has 0 radical (unpaired) electrons. The molecular weight excluding hydrogens is 192 g/mol. The number of nitrogens with zero attached hydrogens (tertiary/aromatic N) is 1. The van der Waals surface area contributed by atoms with Crippen molar-refractivity contribution in [1.29, 1.82) is 0 Å². The fourth-order valence-corrected chi connectivity index (χ4v) is 1.63. The number of carbonyl (C=O) groups is 1. The summed E-state index contributed by atoms with van der Waals surface area (Å²) in [4.78, 5) is 16.7. The topological polar surface area (TPSA) is 56.3 Å². The van der Waals surface area contributed by atoms with E-state index in [0.29, 0.717) is 18.8 Å². The van der Waals surface area contributed by atoms with E-state index in [2.05, 4.69) is 4.98 Å². The van der Waals surface area contributed by atoms with E-state index in [0.717, 1.165) is 11.3 Å². The van der Waals surface area contributed by atoms with Gasteiger partial charge in [0.05, 0.1) is 6.61 Å². The van der Waals surface area contributed by atoms with Crippen LogP contribution in [0.25, 0.3) is 0 Å². The molecule has 2 N–H and O–H groups in total. The highest BCUT2D eigenvalue weighted by Crippen LogP contribution is 2.11. The van der Waals surface area contributed by atoms with E-state index < -0.39 is 0 Å². The first-order chi connectivity index (χ1) is 7.10. The first-order valence-electron chi connectivity index (χ1n) is 5.16. The lowest BCUT2D eigenvalue weighted by molar-refractivity contribution is 0.0726. The van der Waals surface area contributed by atoms with E-state index in [1.807, 2.05) is 26.8 Å². The molecule has 0 saturated heterocycles. The second-order valence-electron chi connectivity index (χ2n) is 3.62. The van der Waals surface area contributed by atoms with Crippen molar-refractivity contribution in [2.75, 3.05) is 19.7 Å². The molecule has 0 spiro atoms. The second kappa shape index (κ2) is 4.98. The van der Waals surface area contributed by atoms with Crippen LogP contribution in [-0.2, 0) is 0 Å². The Kier molecular flexibility index (Phi) is 3.91. The largest absolute Gasteiger partial charge is 0.395 e. The molecular formula is C11H18N2O2. The second-order valence-corrected chi connectivity index (χ2v) is 3.62.